The van der Waals surface area contributed by atoms with E-state index in [1.54, 1.807) is 0 Å². The normalized spacial score (nSPS) is 17.7. The van der Waals surface area contributed by atoms with Crippen molar-refractivity contribution < 1.29 is 4.79 Å². The Morgan fingerprint density at radius 1 is 1.28 bits per heavy atom. The maximum atomic E-state index is 12.0. The lowest BCUT2D eigenvalue weighted by molar-refractivity contribution is -0.123. The molecule has 1 rings (SSSR count). The Balaban J connectivity index is 2.25. The molecule has 0 saturated heterocycles. The van der Waals surface area contributed by atoms with Crippen LogP contribution < -0.4 is 11.1 Å². The molecule has 106 valence electrons. The minimum atomic E-state index is 0.181. The first-order chi connectivity index (χ1) is 8.76. The van der Waals surface area contributed by atoms with Crippen LogP contribution in [0.15, 0.2) is 0 Å². The molecule has 0 atom stereocenters. The molecule has 1 saturated carbocycles. The standard InChI is InChI=1S/C14H29N3O/c1-2-17(11-7-10-15)12-14(18)16-13-8-5-3-4-6-9-13/h13H,2-12,15H2,1H3,(H,16,18). The smallest absolute Gasteiger partial charge is 0.234 e. The van der Waals surface area contributed by atoms with Gasteiger partial charge in [0, 0.05) is 6.04 Å². The van der Waals surface area contributed by atoms with Crippen molar-refractivity contribution in [2.24, 2.45) is 5.73 Å². The summed E-state index contributed by atoms with van der Waals surface area (Å²) in [6, 6.07) is 0.410. The number of nitrogens with one attached hydrogen (secondary N) is 1. The predicted molar refractivity (Wildman–Crippen MR) is 75.4 cm³/mol. The van der Waals surface area contributed by atoms with Gasteiger partial charge < -0.3 is 11.1 Å². The summed E-state index contributed by atoms with van der Waals surface area (Å²) in [6.45, 7) is 5.15. The molecule has 0 unspecified atom stereocenters. The van der Waals surface area contributed by atoms with Crippen LogP contribution in [0.25, 0.3) is 0 Å². The molecular formula is C14H29N3O. The first-order valence-electron chi connectivity index (χ1n) is 7.48. The molecular weight excluding hydrogens is 226 g/mol. The fraction of sp³-hybridized carbons (Fsp3) is 0.929. The van der Waals surface area contributed by atoms with Crippen molar-refractivity contribution in [3.8, 4) is 0 Å². The molecule has 1 amide bonds. The molecule has 0 bridgehead atoms. The van der Waals surface area contributed by atoms with Crippen LogP contribution >= 0.6 is 0 Å². The van der Waals surface area contributed by atoms with Crippen molar-refractivity contribution in [1.82, 2.24) is 10.2 Å². The zero-order valence-corrected chi connectivity index (χ0v) is 11.8. The Labute approximate surface area is 111 Å². The number of amides is 1. The maximum Gasteiger partial charge on any atom is 0.234 e. The molecule has 0 aliphatic heterocycles. The highest BCUT2D eigenvalue weighted by molar-refractivity contribution is 5.78. The molecule has 4 heteroatoms. The summed E-state index contributed by atoms with van der Waals surface area (Å²) in [5.74, 6) is 0.181. The molecule has 3 N–H and O–H groups in total. The highest BCUT2D eigenvalue weighted by atomic mass is 16.2. The summed E-state index contributed by atoms with van der Waals surface area (Å²) < 4.78 is 0. The molecule has 0 heterocycles. The molecule has 0 aromatic heterocycles. The number of nitrogens with two attached hydrogens (primary N) is 1. The molecule has 0 spiro atoms. The SMILES string of the molecule is CCN(CCCN)CC(=O)NC1CCCCCC1. The van der Waals surface area contributed by atoms with Crippen LogP contribution in [-0.2, 0) is 4.79 Å². The van der Waals surface area contributed by atoms with Gasteiger partial charge in [-0.1, -0.05) is 32.6 Å². The van der Waals surface area contributed by atoms with Gasteiger partial charge >= 0.3 is 0 Å². The second-order valence-electron chi connectivity index (χ2n) is 5.27. The van der Waals surface area contributed by atoms with E-state index in [4.69, 9.17) is 5.73 Å². The Hall–Kier alpha value is -0.610. The van der Waals surface area contributed by atoms with E-state index in [0.717, 1.165) is 32.4 Å². The zero-order valence-electron chi connectivity index (χ0n) is 11.8. The molecule has 0 aromatic carbocycles. The van der Waals surface area contributed by atoms with Gasteiger partial charge in [0.15, 0.2) is 0 Å². The summed E-state index contributed by atoms with van der Waals surface area (Å²) in [4.78, 5) is 14.1. The minimum absolute atomic E-state index is 0.181. The molecule has 1 aliphatic rings. The fourth-order valence-corrected chi connectivity index (χ4v) is 2.56. The van der Waals surface area contributed by atoms with Crippen molar-refractivity contribution in [3.05, 3.63) is 0 Å². The van der Waals surface area contributed by atoms with Crippen molar-refractivity contribution >= 4 is 5.91 Å². The van der Waals surface area contributed by atoms with Gasteiger partial charge in [-0.3, -0.25) is 9.69 Å². The topological polar surface area (TPSA) is 58.4 Å². The van der Waals surface area contributed by atoms with Gasteiger partial charge in [-0.25, -0.2) is 0 Å². The largest absolute Gasteiger partial charge is 0.352 e. The monoisotopic (exact) mass is 255 g/mol. The van der Waals surface area contributed by atoms with E-state index in [2.05, 4.69) is 17.1 Å². The van der Waals surface area contributed by atoms with E-state index < -0.39 is 0 Å². The van der Waals surface area contributed by atoms with Crippen molar-refractivity contribution in [2.45, 2.75) is 57.9 Å². The van der Waals surface area contributed by atoms with Gasteiger partial charge in [-0.15, -0.1) is 0 Å². The lowest BCUT2D eigenvalue weighted by atomic mass is 10.1. The van der Waals surface area contributed by atoms with Gasteiger partial charge in [-0.2, -0.15) is 0 Å². The summed E-state index contributed by atoms with van der Waals surface area (Å²) in [7, 11) is 0. The highest BCUT2D eigenvalue weighted by Crippen LogP contribution is 2.17. The molecule has 1 fully saturated rings. The second kappa shape index (κ2) is 9.34. The van der Waals surface area contributed by atoms with E-state index in [1.165, 1.54) is 25.7 Å². The molecule has 0 aromatic rings. The highest BCUT2D eigenvalue weighted by Gasteiger charge is 2.16. The van der Waals surface area contributed by atoms with Crippen molar-refractivity contribution in [2.75, 3.05) is 26.2 Å². The average Bonchev–Trinajstić information content (AvgIpc) is 2.63. The first kappa shape index (κ1) is 15.4. The fourth-order valence-electron chi connectivity index (χ4n) is 2.56. The third-order valence-corrected chi connectivity index (χ3v) is 3.71. The van der Waals surface area contributed by atoms with Gasteiger partial charge in [0.25, 0.3) is 0 Å². The molecule has 0 radical (unpaired) electrons. The van der Waals surface area contributed by atoms with Crippen LogP contribution in [-0.4, -0.2) is 43.0 Å². The number of carbonyl (C=O) groups is 1. The van der Waals surface area contributed by atoms with Crippen LogP contribution in [0, 0.1) is 0 Å². The Morgan fingerprint density at radius 3 is 2.50 bits per heavy atom. The van der Waals surface area contributed by atoms with Gasteiger partial charge in [0.1, 0.15) is 0 Å². The van der Waals surface area contributed by atoms with Crippen molar-refractivity contribution in [1.29, 1.82) is 0 Å². The zero-order chi connectivity index (χ0) is 13.2. The van der Waals surface area contributed by atoms with Crippen molar-refractivity contribution in [3.63, 3.8) is 0 Å². The molecule has 4 nitrogen and oxygen atoms in total. The van der Waals surface area contributed by atoms with Crippen LogP contribution in [0.5, 0.6) is 0 Å². The number of carbonyl (C=O) groups excluding carboxylic acids is 1. The summed E-state index contributed by atoms with van der Waals surface area (Å²) in [5.41, 5.74) is 5.50. The number of hydrogen-bond donors (Lipinski definition) is 2. The second-order valence-corrected chi connectivity index (χ2v) is 5.27. The summed E-state index contributed by atoms with van der Waals surface area (Å²) >= 11 is 0. The summed E-state index contributed by atoms with van der Waals surface area (Å²) in [5, 5.41) is 3.19. The Kier molecular flexibility index (Phi) is 8.01. The van der Waals surface area contributed by atoms with E-state index in [1.807, 2.05) is 0 Å². The lowest BCUT2D eigenvalue weighted by Crippen LogP contribution is -2.42. The number of likely N-dealkylation sites (N-methyl/N-ethyl adjacent to an activating group) is 1. The van der Waals surface area contributed by atoms with Gasteiger partial charge in [0.2, 0.25) is 5.91 Å². The summed E-state index contributed by atoms with van der Waals surface area (Å²) in [6.07, 6.45) is 8.44. The van der Waals surface area contributed by atoms with E-state index in [0.29, 0.717) is 19.1 Å². The number of rotatable bonds is 7. The van der Waals surface area contributed by atoms with Crippen LogP contribution in [0.4, 0.5) is 0 Å². The van der Waals surface area contributed by atoms with E-state index >= 15 is 0 Å². The quantitative estimate of drug-likeness (QED) is 0.678. The van der Waals surface area contributed by atoms with Crippen LogP contribution in [0.3, 0.4) is 0 Å². The van der Waals surface area contributed by atoms with Crippen LogP contribution in [0.1, 0.15) is 51.9 Å². The number of nitrogens with zero attached hydrogens (tertiary/aromatic N) is 1. The van der Waals surface area contributed by atoms with Gasteiger partial charge in [-0.05, 0) is 38.9 Å². The Bertz CT molecular complexity index is 225. The lowest BCUT2D eigenvalue weighted by Gasteiger charge is -2.22. The minimum Gasteiger partial charge on any atom is -0.352 e. The predicted octanol–water partition coefficient (Wildman–Crippen LogP) is 1.50. The third-order valence-electron chi connectivity index (χ3n) is 3.71. The van der Waals surface area contributed by atoms with E-state index in [9.17, 15) is 4.79 Å². The average molecular weight is 255 g/mol. The van der Waals surface area contributed by atoms with Gasteiger partial charge in [0.05, 0.1) is 6.54 Å². The number of hydrogen-bond acceptors (Lipinski definition) is 3. The molecule has 1 aliphatic carbocycles. The first-order valence-corrected chi connectivity index (χ1v) is 7.48. The third kappa shape index (κ3) is 6.36. The van der Waals surface area contributed by atoms with Crippen LogP contribution in [0.2, 0.25) is 0 Å². The van der Waals surface area contributed by atoms with E-state index in [-0.39, 0.29) is 5.91 Å². The Morgan fingerprint density at radius 2 is 1.94 bits per heavy atom. The maximum absolute atomic E-state index is 12.0. The molecule has 18 heavy (non-hydrogen) atoms.